The van der Waals surface area contributed by atoms with E-state index in [0.717, 1.165) is 25.7 Å². The molecule has 0 aromatic rings. The minimum atomic E-state index is -0.146. The average Bonchev–Trinajstić information content (AvgIpc) is 2.42. The molecule has 1 spiro atoms. The summed E-state index contributed by atoms with van der Waals surface area (Å²) >= 11 is 0. The van der Waals surface area contributed by atoms with Crippen molar-refractivity contribution in [3.8, 4) is 0 Å². The maximum Gasteiger partial charge on any atom is 0.317 e. The number of amides is 2. The van der Waals surface area contributed by atoms with E-state index in [-0.39, 0.29) is 17.7 Å². The first-order chi connectivity index (χ1) is 9.42. The Kier molecular flexibility index (Phi) is 4.91. The number of nitrogens with two attached hydrogens (primary N) is 1. The van der Waals surface area contributed by atoms with Gasteiger partial charge in [-0.2, -0.15) is 0 Å². The van der Waals surface area contributed by atoms with E-state index in [4.69, 9.17) is 10.5 Å². The summed E-state index contributed by atoms with van der Waals surface area (Å²) < 4.78 is 6.01. The number of morpholine rings is 1. The molecule has 116 valence electrons. The summed E-state index contributed by atoms with van der Waals surface area (Å²) in [6.07, 6.45) is 3.94. The molecular weight excluding hydrogens is 254 g/mol. The normalized spacial score (nSPS) is 32.5. The molecule has 0 radical (unpaired) electrons. The summed E-state index contributed by atoms with van der Waals surface area (Å²) in [5.41, 5.74) is 5.82. The Bertz CT molecular complexity index is 338. The number of ether oxygens (including phenoxy) is 1. The molecule has 1 aliphatic heterocycles. The second kappa shape index (κ2) is 6.31. The van der Waals surface area contributed by atoms with Gasteiger partial charge in [0.1, 0.15) is 0 Å². The molecule has 2 amide bonds. The Hall–Kier alpha value is -0.810. The van der Waals surface area contributed by atoms with E-state index in [2.05, 4.69) is 26.1 Å². The van der Waals surface area contributed by atoms with E-state index in [1.54, 1.807) is 0 Å². The van der Waals surface area contributed by atoms with E-state index in [9.17, 15) is 4.79 Å². The summed E-state index contributed by atoms with van der Waals surface area (Å²) in [6, 6.07) is 0.541. The fraction of sp³-hybridized carbons (Fsp3) is 0.933. The summed E-state index contributed by atoms with van der Waals surface area (Å²) in [4.78, 5) is 14.3. The maximum atomic E-state index is 12.3. The fourth-order valence-corrected chi connectivity index (χ4v) is 2.94. The van der Waals surface area contributed by atoms with Gasteiger partial charge in [0.2, 0.25) is 0 Å². The largest absolute Gasteiger partial charge is 0.371 e. The molecule has 20 heavy (non-hydrogen) atoms. The summed E-state index contributed by atoms with van der Waals surface area (Å²) in [7, 11) is 0. The van der Waals surface area contributed by atoms with Gasteiger partial charge in [0, 0.05) is 18.6 Å². The number of carbonyl (C=O) groups excluding carboxylic acids is 1. The molecule has 1 saturated carbocycles. The lowest BCUT2D eigenvalue weighted by atomic mass is 9.81. The minimum Gasteiger partial charge on any atom is -0.371 e. The van der Waals surface area contributed by atoms with Gasteiger partial charge in [-0.1, -0.05) is 13.8 Å². The number of hydrogen-bond donors (Lipinski definition) is 2. The van der Waals surface area contributed by atoms with Crippen molar-refractivity contribution in [1.29, 1.82) is 0 Å². The molecule has 2 rings (SSSR count). The van der Waals surface area contributed by atoms with Gasteiger partial charge in [0.05, 0.1) is 18.8 Å². The van der Waals surface area contributed by atoms with Crippen molar-refractivity contribution in [3.05, 3.63) is 0 Å². The molecule has 2 aliphatic rings. The first-order valence-corrected chi connectivity index (χ1v) is 7.87. The van der Waals surface area contributed by atoms with Crippen molar-refractivity contribution in [3.63, 3.8) is 0 Å². The molecule has 5 heteroatoms. The third-order valence-corrected chi connectivity index (χ3v) is 4.83. The van der Waals surface area contributed by atoms with Crippen LogP contribution in [0.2, 0.25) is 0 Å². The lowest BCUT2D eigenvalue weighted by Crippen LogP contribution is -2.58. The number of nitrogens with one attached hydrogen (secondary N) is 1. The van der Waals surface area contributed by atoms with Gasteiger partial charge in [-0.3, -0.25) is 0 Å². The lowest BCUT2D eigenvalue weighted by Gasteiger charge is -2.46. The zero-order valence-electron chi connectivity index (χ0n) is 13.0. The van der Waals surface area contributed by atoms with Crippen molar-refractivity contribution < 1.29 is 9.53 Å². The van der Waals surface area contributed by atoms with Crippen LogP contribution in [0.3, 0.4) is 0 Å². The molecule has 0 aromatic carbocycles. The summed E-state index contributed by atoms with van der Waals surface area (Å²) in [5, 5.41) is 3.09. The van der Waals surface area contributed by atoms with E-state index in [0.29, 0.717) is 31.7 Å². The summed E-state index contributed by atoms with van der Waals surface area (Å²) in [5.74, 6) is 0.446. The number of carbonyl (C=O) groups is 1. The molecule has 5 nitrogen and oxygen atoms in total. The zero-order chi connectivity index (χ0) is 14.8. The first kappa shape index (κ1) is 15.6. The van der Waals surface area contributed by atoms with Crippen LogP contribution in [-0.2, 0) is 4.74 Å². The second-order valence-corrected chi connectivity index (χ2v) is 6.77. The predicted molar refractivity (Wildman–Crippen MR) is 79.5 cm³/mol. The molecule has 1 unspecified atom stereocenters. The predicted octanol–water partition coefficient (Wildman–Crippen LogP) is 1.71. The van der Waals surface area contributed by atoms with Crippen LogP contribution in [0.25, 0.3) is 0 Å². The number of hydrogen-bond acceptors (Lipinski definition) is 3. The quantitative estimate of drug-likeness (QED) is 0.811. The highest BCUT2D eigenvalue weighted by molar-refractivity contribution is 5.74. The SMILES string of the molecule is CC(C)C(C)NC(=O)N1CCOC2(CCC(N)CC2)C1. The fourth-order valence-electron chi connectivity index (χ4n) is 2.94. The van der Waals surface area contributed by atoms with Gasteiger partial charge in [-0.15, -0.1) is 0 Å². The van der Waals surface area contributed by atoms with Crippen molar-refractivity contribution in [2.75, 3.05) is 19.7 Å². The van der Waals surface area contributed by atoms with Crippen LogP contribution in [0.1, 0.15) is 46.5 Å². The summed E-state index contributed by atoms with van der Waals surface area (Å²) in [6.45, 7) is 8.32. The zero-order valence-corrected chi connectivity index (χ0v) is 13.0. The Labute approximate surface area is 122 Å². The van der Waals surface area contributed by atoms with Gasteiger partial charge >= 0.3 is 6.03 Å². The van der Waals surface area contributed by atoms with Crippen molar-refractivity contribution >= 4 is 6.03 Å². The van der Waals surface area contributed by atoms with E-state index in [1.807, 2.05) is 4.90 Å². The highest BCUT2D eigenvalue weighted by Crippen LogP contribution is 2.34. The van der Waals surface area contributed by atoms with E-state index < -0.39 is 0 Å². The Morgan fingerprint density at radius 1 is 1.35 bits per heavy atom. The maximum absolute atomic E-state index is 12.3. The average molecular weight is 283 g/mol. The molecule has 1 saturated heterocycles. The highest BCUT2D eigenvalue weighted by atomic mass is 16.5. The third kappa shape index (κ3) is 3.64. The Balaban J connectivity index is 1.91. The molecule has 1 heterocycles. The van der Waals surface area contributed by atoms with Gasteiger partial charge in [-0.05, 0) is 38.5 Å². The van der Waals surface area contributed by atoms with E-state index in [1.165, 1.54) is 0 Å². The smallest absolute Gasteiger partial charge is 0.317 e. The van der Waals surface area contributed by atoms with Crippen LogP contribution in [0.15, 0.2) is 0 Å². The molecule has 2 fully saturated rings. The molecule has 0 aromatic heterocycles. The third-order valence-electron chi connectivity index (χ3n) is 4.83. The molecule has 3 N–H and O–H groups in total. The van der Waals surface area contributed by atoms with Gasteiger partial charge in [-0.25, -0.2) is 4.79 Å². The van der Waals surface area contributed by atoms with Crippen LogP contribution in [-0.4, -0.2) is 48.3 Å². The van der Waals surface area contributed by atoms with Crippen molar-refractivity contribution in [1.82, 2.24) is 10.2 Å². The highest BCUT2D eigenvalue weighted by Gasteiger charge is 2.40. The molecule has 0 bridgehead atoms. The first-order valence-electron chi connectivity index (χ1n) is 7.87. The topological polar surface area (TPSA) is 67.6 Å². The monoisotopic (exact) mass is 283 g/mol. The van der Waals surface area contributed by atoms with Crippen LogP contribution >= 0.6 is 0 Å². The second-order valence-electron chi connectivity index (χ2n) is 6.77. The van der Waals surface area contributed by atoms with Crippen LogP contribution in [0.5, 0.6) is 0 Å². The van der Waals surface area contributed by atoms with Crippen molar-refractivity contribution in [2.24, 2.45) is 11.7 Å². The van der Waals surface area contributed by atoms with Gasteiger partial charge in [0.15, 0.2) is 0 Å². The van der Waals surface area contributed by atoms with Crippen LogP contribution in [0, 0.1) is 5.92 Å². The Morgan fingerprint density at radius 3 is 2.60 bits per heavy atom. The van der Waals surface area contributed by atoms with E-state index >= 15 is 0 Å². The Morgan fingerprint density at radius 2 is 2.00 bits per heavy atom. The minimum absolute atomic E-state index is 0.0451. The standard InChI is InChI=1S/C15H29N3O2/c1-11(2)12(3)17-14(19)18-8-9-20-15(10-18)6-4-13(16)5-7-15/h11-13H,4-10,16H2,1-3H3,(H,17,19). The lowest BCUT2D eigenvalue weighted by molar-refractivity contribution is -0.118. The molecular formula is C15H29N3O2. The van der Waals surface area contributed by atoms with Crippen LogP contribution in [0.4, 0.5) is 4.79 Å². The number of urea groups is 1. The van der Waals surface area contributed by atoms with Gasteiger partial charge < -0.3 is 20.7 Å². The van der Waals surface area contributed by atoms with Gasteiger partial charge in [0.25, 0.3) is 0 Å². The van der Waals surface area contributed by atoms with Crippen molar-refractivity contribution in [2.45, 2.75) is 64.1 Å². The molecule has 1 aliphatic carbocycles. The number of rotatable bonds is 2. The molecule has 1 atom stereocenters. The van der Waals surface area contributed by atoms with Crippen LogP contribution < -0.4 is 11.1 Å². The number of nitrogens with zero attached hydrogens (tertiary/aromatic N) is 1.